The van der Waals surface area contributed by atoms with Crippen LogP contribution in [0, 0.1) is 0 Å². The second-order valence-electron chi connectivity index (χ2n) is 4.43. The average Bonchev–Trinajstić information content (AvgIpc) is 2.36. The van der Waals surface area contributed by atoms with Gasteiger partial charge in [0.15, 0.2) is 6.10 Å². The Labute approximate surface area is 118 Å². The summed E-state index contributed by atoms with van der Waals surface area (Å²) in [6.07, 6.45) is -1.35. The first-order valence-corrected chi connectivity index (χ1v) is 6.52. The van der Waals surface area contributed by atoms with Crippen molar-refractivity contribution in [1.82, 2.24) is 0 Å². The molecule has 1 N–H and O–H groups in total. The van der Waals surface area contributed by atoms with E-state index in [0.29, 0.717) is 16.3 Å². The van der Waals surface area contributed by atoms with E-state index in [9.17, 15) is 9.90 Å². The lowest BCUT2D eigenvalue weighted by Gasteiger charge is -2.17. The number of hydrogen-bond acceptors (Lipinski definition) is 4. The maximum atomic E-state index is 11.5. The van der Waals surface area contributed by atoms with Crippen molar-refractivity contribution in [1.29, 1.82) is 0 Å². The van der Waals surface area contributed by atoms with Crippen LogP contribution in [0.4, 0.5) is 0 Å². The van der Waals surface area contributed by atoms with E-state index in [1.165, 1.54) is 7.11 Å². The van der Waals surface area contributed by atoms with Crippen molar-refractivity contribution in [3.8, 4) is 5.75 Å². The first-order valence-electron chi connectivity index (χ1n) is 6.14. The molecule has 0 saturated heterocycles. The molecule has 0 bridgehead atoms. The number of carbonyl (C=O) groups excluding carboxylic acids is 1. The van der Waals surface area contributed by atoms with Crippen LogP contribution < -0.4 is 4.74 Å². The van der Waals surface area contributed by atoms with Crippen molar-refractivity contribution in [2.24, 2.45) is 0 Å². The van der Waals surface area contributed by atoms with Gasteiger partial charge in [0.05, 0.1) is 13.7 Å². The van der Waals surface area contributed by atoms with Gasteiger partial charge < -0.3 is 14.6 Å². The van der Waals surface area contributed by atoms with Crippen molar-refractivity contribution in [2.75, 3.05) is 13.7 Å². The topological polar surface area (TPSA) is 55.8 Å². The fourth-order valence-electron chi connectivity index (χ4n) is 1.86. The Morgan fingerprint density at radius 2 is 2.05 bits per heavy atom. The largest absolute Gasteiger partial charge is 0.496 e. The number of aliphatic hydroxyl groups is 1. The predicted molar refractivity (Wildman–Crippen MR) is 73.7 cm³/mol. The SMILES string of the molecule is CCOC(=O)C(O)c1cc(Cl)c(C(C)C)c(OC)c1. The van der Waals surface area contributed by atoms with Crippen LogP contribution in [-0.4, -0.2) is 24.8 Å². The Bertz CT molecular complexity index is 457. The molecular formula is C14H19ClO4. The van der Waals surface area contributed by atoms with E-state index in [4.69, 9.17) is 21.1 Å². The van der Waals surface area contributed by atoms with Gasteiger partial charge in [-0.3, -0.25) is 0 Å². The maximum absolute atomic E-state index is 11.5. The van der Waals surface area contributed by atoms with Crippen LogP contribution in [0.25, 0.3) is 0 Å². The molecule has 0 radical (unpaired) electrons. The van der Waals surface area contributed by atoms with Crippen LogP contribution in [0.3, 0.4) is 0 Å². The van der Waals surface area contributed by atoms with Crippen LogP contribution in [0.2, 0.25) is 5.02 Å². The molecule has 4 nitrogen and oxygen atoms in total. The number of aliphatic hydroxyl groups excluding tert-OH is 1. The highest BCUT2D eigenvalue weighted by atomic mass is 35.5. The standard InChI is InChI=1S/C14H19ClO4/c1-5-19-14(17)13(16)9-6-10(15)12(8(2)3)11(7-9)18-4/h6-8,13,16H,5H2,1-4H3. The lowest BCUT2D eigenvalue weighted by Crippen LogP contribution is -2.15. The number of carbonyl (C=O) groups is 1. The van der Waals surface area contributed by atoms with Crippen LogP contribution in [0.5, 0.6) is 5.75 Å². The van der Waals surface area contributed by atoms with Crippen molar-refractivity contribution in [3.63, 3.8) is 0 Å². The molecule has 1 aromatic carbocycles. The summed E-state index contributed by atoms with van der Waals surface area (Å²) in [7, 11) is 1.53. The monoisotopic (exact) mass is 286 g/mol. The summed E-state index contributed by atoms with van der Waals surface area (Å²) in [5.41, 5.74) is 1.22. The molecule has 1 aromatic rings. The summed E-state index contributed by atoms with van der Waals surface area (Å²) in [5, 5.41) is 10.4. The Balaban J connectivity index is 3.18. The molecule has 1 rings (SSSR count). The number of methoxy groups -OCH3 is 1. The minimum Gasteiger partial charge on any atom is -0.496 e. The third kappa shape index (κ3) is 3.61. The fraction of sp³-hybridized carbons (Fsp3) is 0.500. The van der Waals surface area contributed by atoms with E-state index >= 15 is 0 Å². The minimum absolute atomic E-state index is 0.177. The van der Waals surface area contributed by atoms with Crippen molar-refractivity contribution < 1.29 is 19.4 Å². The zero-order chi connectivity index (χ0) is 14.6. The Morgan fingerprint density at radius 1 is 1.42 bits per heavy atom. The molecule has 5 heteroatoms. The van der Waals surface area contributed by atoms with Gasteiger partial charge in [-0.15, -0.1) is 0 Å². The molecule has 0 aromatic heterocycles. The van der Waals surface area contributed by atoms with Crippen molar-refractivity contribution in [2.45, 2.75) is 32.8 Å². The number of benzene rings is 1. The van der Waals surface area contributed by atoms with Crippen molar-refractivity contribution >= 4 is 17.6 Å². The lowest BCUT2D eigenvalue weighted by atomic mass is 9.98. The average molecular weight is 287 g/mol. The zero-order valence-electron chi connectivity index (χ0n) is 11.6. The molecular weight excluding hydrogens is 268 g/mol. The van der Waals surface area contributed by atoms with Gasteiger partial charge in [0.1, 0.15) is 5.75 Å². The summed E-state index contributed by atoms with van der Waals surface area (Å²) in [6, 6.07) is 3.18. The highest BCUT2D eigenvalue weighted by molar-refractivity contribution is 6.31. The fourth-order valence-corrected chi connectivity index (χ4v) is 2.29. The number of esters is 1. The van der Waals surface area contributed by atoms with E-state index in [1.807, 2.05) is 13.8 Å². The van der Waals surface area contributed by atoms with Crippen LogP contribution in [-0.2, 0) is 9.53 Å². The van der Waals surface area contributed by atoms with Gasteiger partial charge in [0.2, 0.25) is 0 Å². The summed E-state index contributed by atoms with van der Waals surface area (Å²) in [4.78, 5) is 11.5. The molecule has 19 heavy (non-hydrogen) atoms. The molecule has 0 aliphatic rings. The van der Waals surface area contributed by atoms with Gasteiger partial charge in [-0.25, -0.2) is 4.79 Å². The quantitative estimate of drug-likeness (QED) is 0.845. The Hall–Kier alpha value is -1.26. The molecule has 0 saturated carbocycles. The normalized spacial score (nSPS) is 12.4. The molecule has 1 atom stereocenters. The minimum atomic E-state index is -1.35. The highest BCUT2D eigenvalue weighted by Crippen LogP contribution is 2.36. The van der Waals surface area contributed by atoms with Gasteiger partial charge in [-0.2, -0.15) is 0 Å². The molecule has 0 spiro atoms. The predicted octanol–water partition coefficient (Wildman–Crippen LogP) is 3.07. The van der Waals surface area contributed by atoms with E-state index < -0.39 is 12.1 Å². The van der Waals surface area contributed by atoms with Gasteiger partial charge in [-0.05, 0) is 30.5 Å². The van der Waals surface area contributed by atoms with Crippen LogP contribution >= 0.6 is 11.6 Å². The molecule has 0 fully saturated rings. The zero-order valence-corrected chi connectivity index (χ0v) is 12.3. The van der Waals surface area contributed by atoms with Gasteiger partial charge in [0.25, 0.3) is 0 Å². The number of rotatable bonds is 5. The molecule has 0 aliphatic carbocycles. The first kappa shape index (κ1) is 15.8. The Morgan fingerprint density at radius 3 is 2.53 bits per heavy atom. The van der Waals surface area contributed by atoms with Gasteiger partial charge in [0, 0.05) is 10.6 Å². The maximum Gasteiger partial charge on any atom is 0.339 e. The lowest BCUT2D eigenvalue weighted by molar-refractivity contribution is -0.153. The number of ether oxygens (including phenoxy) is 2. The van der Waals surface area contributed by atoms with E-state index in [2.05, 4.69) is 0 Å². The molecule has 0 amide bonds. The van der Waals surface area contributed by atoms with E-state index in [1.54, 1.807) is 19.1 Å². The van der Waals surface area contributed by atoms with Crippen molar-refractivity contribution in [3.05, 3.63) is 28.3 Å². The molecule has 1 unspecified atom stereocenters. The Kier molecular flexibility index (Phi) is 5.63. The molecule has 106 valence electrons. The van der Waals surface area contributed by atoms with E-state index in [-0.39, 0.29) is 12.5 Å². The second kappa shape index (κ2) is 6.78. The number of halogens is 1. The first-order chi connectivity index (χ1) is 8.92. The van der Waals surface area contributed by atoms with Gasteiger partial charge >= 0.3 is 5.97 Å². The summed E-state index contributed by atoms with van der Waals surface area (Å²) < 4.78 is 10.0. The van der Waals surface area contributed by atoms with Crippen LogP contribution in [0.1, 0.15) is 43.9 Å². The third-order valence-corrected chi connectivity index (χ3v) is 3.05. The van der Waals surface area contributed by atoms with Crippen LogP contribution in [0.15, 0.2) is 12.1 Å². The van der Waals surface area contributed by atoms with Gasteiger partial charge in [-0.1, -0.05) is 25.4 Å². The summed E-state index contributed by atoms with van der Waals surface area (Å²) in [6.45, 7) is 5.88. The second-order valence-corrected chi connectivity index (χ2v) is 4.84. The summed E-state index contributed by atoms with van der Waals surface area (Å²) in [5.74, 6) is 0.0370. The third-order valence-electron chi connectivity index (χ3n) is 2.74. The smallest absolute Gasteiger partial charge is 0.339 e. The number of hydrogen-bond donors (Lipinski definition) is 1. The highest BCUT2D eigenvalue weighted by Gasteiger charge is 2.22. The van der Waals surface area contributed by atoms with E-state index in [0.717, 1.165) is 5.56 Å². The summed E-state index contributed by atoms with van der Waals surface area (Å²) >= 11 is 6.19. The molecule has 0 aliphatic heterocycles. The molecule has 0 heterocycles.